The highest BCUT2D eigenvalue weighted by atomic mass is 16.2. The summed E-state index contributed by atoms with van der Waals surface area (Å²) >= 11 is 0. The number of aromatic nitrogens is 6. The number of hydrogen-bond donors (Lipinski definition) is 0. The summed E-state index contributed by atoms with van der Waals surface area (Å²) in [6, 6.07) is 5.71. The molecule has 0 atom stereocenters. The van der Waals surface area contributed by atoms with Gasteiger partial charge < -0.3 is 9.47 Å². The van der Waals surface area contributed by atoms with Gasteiger partial charge in [-0.25, -0.2) is 0 Å². The highest BCUT2D eigenvalue weighted by Gasteiger charge is 2.27. The summed E-state index contributed by atoms with van der Waals surface area (Å²) in [4.78, 5) is 18.5. The second kappa shape index (κ2) is 7.69. The predicted octanol–water partition coefficient (Wildman–Crippen LogP) is 1.40. The van der Waals surface area contributed by atoms with Crippen LogP contribution in [0.4, 0.5) is 0 Å². The van der Waals surface area contributed by atoms with E-state index in [0.717, 1.165) is 43.1 Å². The SMILES string of the molecule is Cn1c(Cn2cccn2)nnc1C1CCN(C(=O)Cc2cccnc2)CC1. The van der Waals surface area contributed by atoms with Gasteiger partial charge in [0.25, 0.3) is 0 Å². The Morgan fingerprint density at radius 3 is 2.74 bits per heavy atom. The molecule has 8 nitrogen and oxygen atoms in total. The van der Waals surface area contributed by atoms with Crippen LogP contribution in [-0.4, -0.2) is 53.4 Å². The van der Waals surface area contributed by atoms with Crippen LogP contribution in [0.3, 0.4) is 0 Å². The maximum atomic E-state index is 12.5. The largest absolute Gasteiger partial charge is 0.342 e. The molecule has 0 aromatic carbocycles. The normalized spacial score (nSPS) is 15.2. The third-order valence-corrected chi connectivity index (χ3v) is 5.15. The first-order valence-corrected chi connectivity index (χ1v) is 9.23. The van der Waals surface area contributed by atoms with Crippen LogP contribution in [0.2, 0.25) is 0 Å². The second-order valence-electron chi connectivity index (χ2n) is 6.93. The summed E-state index contributed by atoms with van der Waals surface area (Å²) in [5.74, 6) is 2.38. The fraction of sp³-hybridized carbons (Fsp3) is 0.421. The van der Waals surface area contributed by atoms with E-state index < -0.39 is 0 Å². The average Bonchev–Trinajstić information content (AvgIpc) is 3.34. The predicted molar refractivity (Wildman–Crippen MR) is 98.8 cm³/mol. The van der Waals surface area contributed by atoms with Gasteiger partial charge in [0.2, 0.25) is 5.91 Å². The van der Waals surface area contributed by atoms with Gasteiger partial charge in [-0.05, 0) is 30.5 Å². The smallest absolute Gasteiger partial charge is 0.227 e. The zero-order valence-corrected chi connectivity index (χ0v) is 15.4. The molecule has 0 aliphatic carbocycles. The summed E-state index contributed by atoms with van der Waals surface area (Å²) in [5, 5.41) is 13.0. The topological polar surface area (TPSA) is 81.7 Å². The number of nitrogens with zero attached hydrogens (tertiary/aromatic N) is 7. The summed E-state index contributed by atoms with van der Waals surface area (Å²) < 4.78 is 3.91. The van der Waals surface area contributed by atoms with E-state index in [0.29, 0.717) is 18.9 Å². The highest BCUT2D eigenvalue weighted by Crippen LogP contribution is 2.27. The van der Waals surface area contributed by atoms with Crippen molar-refractivity contribution in [3.05, 3.63) is 60.2 Å². The molecule has 1 fully saturated rings. The lowest BCUT2D eigenvalue weighted by Crippen LogP contribution is -2.39. The number of hydrogen-bond acceptors (Lipinski definition) is 5. The van der Waals surface area contributed by atoms with Gasteiger partial charge >= 0.3 is 0 Å². The fourth-order valence-electron chi connectivity index (χ4n) is 3.58. The van der Waals surface area contributed by atoms with E-state index in [-0.39, 0.29) is 5.91 Å². The summed E-state index contributed by atoms with van der Waals surface area (Å²) in [6.45, 7) is 2.12. The van der Waals surface area contributed by atoms with Gasteiger partial charge in [0.05, 0.1) is 6.42 Å². The molecule has 27 heavy (non-hydrogen) atoms. The molecule has 1 aliphatic rings. The molecule has 3 aromatic rings. The molecule has 4 heterocycles. The molecular formula is C19H23N7O. The Labute approximate surface area is 157 Å². The van der Waals surface area contributed by atoms with Crippen molar-refractivity contribution in [3.8, 4) is 0 Å². The molecule has 0 unspecified atom stereocenters. The number of carbonyl (C=O) groups excluding carboxylic acids is 1. The monoisotopic (exact) mass is 365 g/mol. The number of carbonyl (C=O) groups is 1. The third kappa shape index (κ3) is 3.89. The molecule has 4 rings (SSSR count). The van der Waals surface area contributed by atoms with Crippen LogP contribution in [0.25, 0.3) is 0 Å². The van der Waals surface area contributed by atoms with Crippen molar-refractivity contribution in [2.75, 3.05) is 13.1 Å². The Hall–Kier alpha value is -3.03. The molecular weight excluding hydrogens is 342 g/mol. The van der Waals surface area contributed by atoms with Crippen LogP contribution >= 0.6 is 0 Å². The van der Waals surface area contributed by atoms with Gasteiger partial charge in [-0.3, -0.25) is 14.5 Å². The highest BCUT2D eigenvalue weighted by molar-refractivity contribution is 5.78. The summed E-state index contributed by atoms with van der Waals surface area (Å²) in [7, 11) is 2.01. The van der Waals surface area contributed by atoms with E-state index in [1.807, 2.05) is 41.0 Å². The van der Waals surface area contributed by atoms with Crippen LogP contribution in [0.15, 0.2) is 43.0 Å². The van der Waals surface area contributed by atoms with Crippen molar-refractivity contribution in [2.45, 2.75) is 31.7 Å². The van der Waals surface area contributed by atoms with E-state index in [9.17, 15) is 4.79 Å². The van der Waals surface area contributed by atoms with Crippen LogP contribution in [-0.2, 0) is 24.8 Å². The maximum absolute atomic E-state index is 12.5. The summed E-state index contributed by atoms with van der Waals surface area (Å²) in [6.07, 6.45) is 9.39. The molecule has 140 valence electrons. The molecule has 3 aromatic heterocycles. The minimum Gasteiger partial charge on any atom is -0.342 e. The Bertz CT molecular complexity index is 880. The fourth-order valence-corrected chi connectivity index (χ4v) is 3.58. The molecule has 1 saturated heterocycles. The van der Waals surface area contributed by atoms with Gasteiger partial charge in [0.1, 0.15) is 12.4 Å². The van der Waals surface area contributed by atoms with Gasteiger partial charge in [0.15, 0.2) is 5.82 Å². The first-order chi connectivity index (χ1) is 13.2. The standard InChI is InChI=1S/C19H23N7O/c1-24-17(14-26-9-3-8-21-26)22-23-19(24)16-5-10-25(11-6-16)18(27)12-15-4-2-7-20-13-15/h2-4,7-9,13,16H,5-6,10-12,14H2,1H3. The van der Waals surface area contributed by atoms with Crippen molar-refractivity contribution in [1.29, 1.82) is 0 Å². The number of pyridine rings is 1. The van der Waals surface area contributed by atoms with Crippen molar-refractivity contribution in [2.24, 2.45) is 7.05 Å². The molecule has 0 spiro atoms. The first-order valence-electron chi connectivity index (χ1n) is 9.23. The van der Waals surface area contributed by atoms with E-state index in [1.54, 1.807) is 18.6 Å². The van der Waals surface area contributed by atoms with Crippen molar-refractivity contribution in [1.82, 2.24) is 34.4 Å². The van der Waals surface area contributed by atoms with Gasteiger partial charge in [-0.15, -0.1) is 10.2 Å². The van der Waals surface area contributed by atoms with Gasteiger partial charge in [0, 0.05) is 50.8 Å². The molecule has 0 bridgehead atoms. The van der Waals surface area contributed by atoms with Crippen LogP contribution in [0.5, 0.6) is 0 Å². The Kier molecular flexibility index (Phi) is 4.95. The van der Waals surface area contributed by atoms with Crippen molar-refractivity contribution < 1.29 is 4.79 Å². The molecule has 0 saturated carbocycles. The van der Waals surface area contributed by atoms with Crippen LogP contribution < -0.4 is 0 Å². The average molecular weight is 365 g/mol. The number of rotatable bonds is 5. The molecule has 1 aliphatic heterocycles. The number of piperidine rings is 1. The lowest BCUT2D eigenvalue weighted by Gasteiger charge is -2.31. The first kappa shape index (κ1) is 17.4. The van der Waals surface area contributed by atoms with Gasteiger partial charge in [-0.2, -0.15) is 5.10 Å². The maximum Gasteiger partial charge on any atom is 0.227 e. The van der Waals surface area contributed by atoms with Crippen LogP contribution in [0, 0.1) is 0 Å². The molecule has 8 heteroatoms. The number of likely N-dealkylation sites (tertiary alicyclic amines) is 1. The minimum atomic E-state index is 0.166. The van der Waals surface area contributed by atoms with Crippen molar-refractivity contribution >= 4 is 5.91 Å². The summed E-state index contributed by atoms with van der Waals surface area (Å²) in [5.41, 5.74) is 0.959. The molecule has 1 amide bonds. The van der Waals surface area contributed by atoms with E-state index in [1.165, 1.54) is 0 Å². The Morgan fingerprint density at radius 2 is 2.04 bits per heavy atom. The van der Waals surface area contributed by atoms with Gasteiger partial charge in [-0.1, -0.05) is 6.07 Å². The second-order valence-corrected chi connectivity index (χ2v) is 6.93. The number of amides is 1. The zero-order valence-electron chi connectivity index (χ0n) is 15.4. The van der Waals surface area contributed by atoms with Crippen LogP contribution in [0.1, 0.15) is 36.0 Å². The lowest BCUT2D eigenvalue weighted by molar-refractivity contribution is -0.131. The zero-order chi connectivity index (χ0) is 18.6. The minimum absolute atomic E-state index is 0.166. The third-order valence-electron chi connectivity index (χ3n) is 5.15. The van der Waals surface area contributed by atoms with E-state index in [4.69, 9.17) is 0 Å². The molecule has 0 radical (unpaired) electrons. The Balaban J connectivity index is 1.35. The lowest BCUT2D eigenvalue weighted by atomic mass is 9.95. The Morgan fingerprint density at radius 1 is 1.19 bits per heavy atom. The van der Waals surface area contributed by atoms with Crippen molar-refractivity contribution in [3.63, 3.8) is 0 Å². The quantitative estimate of drug-likeness (QED) is 0.683. The molecule has 0 N–H and O–H groups in total. The van der Waals surface area contributed by atoms with E-state index in [2.05, 4.69) is 24.8 Å². The van der Waals surface area contributed by atoms with E-state index >= 15 is 0 Å².